The zero-order valence-corrected chi connectivity index (χ0v) is 12.6. The zero-order valence-electron chi connectivity index (χ0n) is 11.0. The molecule has 0 radical (unpaired) electrons. The van der Waals surface area contributed by atoms with Crippen molar-refractivity contribution in [3.05, 3.63) is 58.3 Å². The molecule has 3 heterocycles. The molecule has 0 spiro atoms. The van der Waals surface area contributed by atoms with E-state index in [-0.39, 0.29) is 6.03 Å². The molecule has 0 aliphatic carbocycles. The summed E-state index contributed by atoms with van der Waals surface area (Å²) in [5.41, 5.74) is 1.43. The number of carbonyl (C=O) groups is 1. The van der Waals surface area contributed by atoms with Gasteiger partial charge in [0.15, 0.2) is 0 Å². The quantitative estimate of drug-likeness (QED) is 0.864. The van der Waals surface area contributed by atoms with Crippen molar-refractivity contribution in [1.29, 1.82) is 0 Å². The number of aromatic nitrogens is 1. The Balaban J connectivity index is 2.02. The summed E-state index contributed by atoms with van der Waals surface area (Å²) in [6, 6.07) is 11.2. The van der Waals surface area contributed by atoms with Crippen LogP contribution in [0.25, 0.3) is 0 Å². The molecule has 106 valence electrons. The molecule has 5 nitrogen and oxygen atoms in total. The number of nitrogens with zero attached hydrogens (tertiary/aromatic N) is 2. The predicted molar refractivity (Wildman–Crippen MR) is 80.8 cm³/mol. The lowest BCUT2D eigenvalue weighted by molar-refractivity contribution is -0.0361. The smallest absolute Gasteiger partial charge is 0.324 e. The van der Waals surface area contributed by atoms with Gasteiger partial charge in [0.05, 0.1) is 18.0 Å². The highest BCUT2D eigenvalue weighted by Gasteiger charge is 2.53. The molecule has 1 aromatic heterocycles. The Morgan fingerprint density at radius 1 is 1.33 bits per heavy atom. The van der Waals surface area contributed by atoms with Crippen LogP contribution in [0.2, 0.25) is 0 Å². The molecule has 1 unspecified atom stereocenters. The molecular formula is C15H12BrN3O2. The van der Waals surface area contributed by atoms with E-state index in [4.69, 9.17) is 4.74 Å². The van der Waals surface area contributed by atoms with Crippen molar-refractivity contribution in [3.63, 3.8) is 0 Å². The minimum Gasteiger partial charge on any atom is -0.344 e. The second kappa shape index (κ2) is 4.54. The Morgan fingerprint density at radius 2 is 2.24 bits per heavy atom. The van der Waals surface area contributed by atoms with Gasteiger partial charge in [-0.15, -0.1) is 0 Å². The average Bonchev–Trinajstić information content (AvgIpc) is 2.96. The molecule has 1 atom stereocenters. The Kier molecular flexibility index (Phi) is 2.77. The Labute approximate surface area is 130 Å². The van der Waals surface area contributed by atoms with Gasteiger partial charge in [-0.2, -0.15) is 0 Å². The third kappa shape index (κ3) is 1.72. The van der Waals surface area contributed by atoms with Gasteiger partial charge in [0.1, 0.15) is 0 Å². The highest BCUT2D eigenvalue weighted by molar-refractivity contribution is 9.10. The van der Waals surface area contributed by atoms with Crippen LogP contribution in [-0.2, 0) is 10.5 Å². The van der Waals surface area contributed by atoms with Crippen LogP contribution in [-0.4, -0.2) is 29.1 Å². The standard InChI is InChI=1S/C15H12BrN3O2/c16-10-4-5-12-11(9-10)15(13-3-1-2-6-17-13)19(7-8-21-15)14(20)18-12/h1-6,9H,7-8H2,(H,18,20). The van der Waals surface area contributed by atoms with Gasteiger partial charge in [0.25, 0.3) is 0 Å². The maximum absolute atomic E-state index is 12.4. The summed E-state index contributed by atoms with van der Waals surface area (Å²) < 4.78 is 7.00. The van der Waals surface area contributed by atoms with Crippen molar-refractivity contribution in [2.75, 3.05) is 18.5 Å². The average molecular weight is 346 g/mol. The van der Waals surface area contributed by atoms with Crippen LogP contribution in [0.3, 0.4) is 0 Å². The molecule has 1 aromatic carbocycles. The molecule has 0 bridgehead atoms. The van der Waals surface area contributed by atoms with Gasteiger partial charge in [-0.05, 0) is 30.3 Å². The number of amides is 2. The van der Waals surface area contributed by atoms with Crippen molar-refractivity contribution < 1.29 is 9.53 Å². The summed E-state index contributed by atoms with van der Waals surface area (Å²) in [5, 5.41) is 2.91. The third-order valence-electron chi connectivity index (χ3n) is 3.85. The lowest BCUT2D eigenvalue weighted by atomic mass is 9.93. The van der Waals surface area contributed by atoms with Gasteiger partial charge in [-0.3, -0.25) is 9.88 Å². The number of hydrogen-bond acceptors (Lipinski definition) is 3. The first-order valence-corrected chi connectivity index (χ1v) is 7.45. The normalized spacial score (nSPS) is 23.5. The molecule has 4 rings (SSSR count). The minimum absolute atomic E-state index is 0.159. The summed E-state index contributed by atoms with van der Waals surface area (Å²) in [6.07, 6.45) is 1.72. The largest absolute Gasteiger partial charge is 0.344 e. The Morgan fingerprint density at radius 3 is 3.05 bits per heavy atom. The molecule has 6 heteroatoms. The molecule has 1 N–H and O–H groups in total. The molecule has 2 amide bonds. The maximum atomic E-state index is 12.4. The van der Waals surface area contributed by atoms with Crippen LogP contribution < -0.4 is 5.32 Å². The number of rotatable bonds is 1. The molecular weight excluding hydrogens is 334 g/mol. The SMILES string of the molecule is O=C1Nc2ccc(Br)cc2C2(c3ccccn3)OCCN12. The summed E-state index contributed by atoms with van der Waals surface area (Å²) in [4.78, 5) is 18.5. The monoisotopic (exact) mass is 345 g/mol. The van der Waals surface area contributed by atoms with Crippen molar-refractivity contribution in [2.45, 2.75) is 5.72 Å². The van der Waals surface area contributed by atoms with Gasteiger partial charge < -0.3 is 10.1 Å². The highest BCUT2D eigenvalue weighted by atomic mass is 79.9. The van der Waals surface area contributed by atoms with Crippen LogP contribution in [0, 0.1) is 0 Å². The maximum Gasteiger partial charge on any atom is 0.324 e. The van der Waals surface area contributed by atoms with E-state index in [1.807, 2.05) is 36.4 Å². The third-order valence-corrected chi connectivity index (χ3v) is 4.34. The van der Waals surface area contributed by atoms with Crippen molar-refractivity contribution in [2.24, 2.45) is 0 Å². The second-order valence-electron chi connectivity index (χ2n) is 4.98. The Hall–Kier alpha value is -1.92. The Bertz CT molecular complexity index is 722. The van der Waals surface area contributed by atoms with Crippen molar-refractivity contribution in [3.8, 4) is 0 Å². The van der Waals surface area contributed by atoms with Crippen LogP contribution in [0.15, 0.2) is 47.1 Å². The lowest BCUT2D eigenvalue weighted by Gasteiger charge is -2.41. The fourth-order valence-corrected chi connectivity index (χ4v) is 3.35. The van der Waals surface area contributed by atoms with E-state index in [0.29, 0.717) is 13.2 Å². The fraction of sp³-hybridized carbons (Fsp3) is 0.200. The fourth-order valence-electron chi connectivity index (χ4n) is 2.99. The lowest BCUT2D eigenvalue weighted by Crippen LogP contribution is -2.52. The molecule has 2 aliphatic rings. The van der Waals surface area contributed by atoms with Crippen molar-refractivity contribution >= 4 is 27.6 Å². The molecule has 21 heavy (non-hydrogen) atoms. The van der Waals surface area contributed by atoms with Crippen LogP contribution in [0.1, 0.15) is 11.3 Å². The van der Waals surface area contributed by atoms with Gasteiger partial charge in [-0.25, -0.2) is 4.79 Å². The second-order valence-corrected chi connectivity index (χ2v) is 5.89. The number of pyridine rings is 1. The topological polar surface area (TPSA) is 54.5 Å². The predicted octanol–water partition coefficient (Wildman–Crippen LogP) is 2.92. The minimum atomic E-state index is -0.942. The number of nitrogens with one attached hydrogen (secondary N) is 1. The number of anilines is 1. The van der Waals surface area contributed by atoms with Gasteiger partial charge >= 0.3 is 6.03 Å². The van der Waals surface area contributed by atoms with E-state index in [0.717, 1.165) is 21.4 Å². The number of halogens is 1. The van der Waals surface area contributed by atoms with Gasteiger partial charge in [-0.1, -0.05) is 22.0 Å². The van der Waals surface area contributed by atoms with Gasteiger partial charge in [0, 0.05) is 22.8 Å². The van der Waals surface area contributed by atoms with Gasteiger partial charge in [0.2, 0.25) is 5.72 Å². The molecule has 2 aliphatic heterocycles. The first kappa shape index (κ1) is 12.8. The zero-order chi connectivity index (χ0) is 14.4. The number of benzene rings is 1. The van der Waals surface area contributed by atoms with Crippen LogP contribution >= 0.6 is 15.9 Å². The molecule has 1 fully saturated rings. The van der Waals surface area contributed by atoms with Crippen molar-refractivity contribution in [1.82, 2.24) is 9.88 Å². The number of urea groups is 1. The van der Waals surface area contributed by atoms with E-state index >= 15 is 0 Å². The number of carbonyl (C=O) groups excluding carboxylic acids is 1. The molecule has 2 aromatic rings. The summed E-state index contributed by atoms with van der Waals surface area (Å²) in [6.45, 7) is 1.02. The summed E-state index contributed by atoms with van der Waals surface area (Å²) in [7, 11) is 0. The van der Waals surface area contributed by atoms with Crippen LogP contribution in [0.5, 0.6) is 0 Å². The number of ether oxygens (including phenoxy) is 1. The van der Waals surface area contributed by atoms with E-state index in [2.05, 4.69) is 26.2 Å². The number of hydrogen-bond donors (Lipinski definition) is 1. The summed E-state index contributed by atoms with van der Waals surface area (Å²) in [5.74, 6) is 0. The van der Waals surface area contributed by atoms with Crippen LogP contribution in [0.4, 0.5) is 10.5 Å². The molecule has 0 saturated carbocycles. The first-order valence-electron chi connectivity index (χ1n) is 6.66. The van der Waals surface area contributed by atoms with E-state index < -0.39 is 5.72 Å². The van der Waals surface area contributed by atoms with E-state index in [1.54, 1.807) is 11.1 Å². The summed E-state index contributed by atoms with van der Waals surface area (Å²) >= 11 is 3.49. The molecule has 1 saturated heterocycles. The van der Waals surface area contributed by atoms with E-state index in [9.17, 15) is 4.79 Å². The number of fused-ring (bicyclic) bond motifs is 3. The first-order chi connectivity index (χ1) is 10.2. The highest BCUT2D eigenvalue weighted by Crippen LogP contribution is 2.46. The van der Waals surface area contributed by atoms with E-state index in [1.165, 1.54) is 0 Å².